The van der Waals surface area contributed by atoms with Crippen molar-refractivity contribution in [2.24, 2.45) is 0 Å². The van der Waals surface area contributed by atoms with E-state index in [1.165, 1.54) is 10.4 Å². The number of benzene rings is 3. The van der Waals surface area contributed by atoms with Crippen molar-refractivity contribution in [2.45, 2.75) is 81.4 Å². The van der Waals surface area contributed by atoms with E-state index in [0.29, 0.717) is 29.9 Å². The van der Waals surface area contributed by atoms with Crippen LogP contribution in [0.25, 0.3) is 11.2 Å². The second-order valence-corrected chi connectivity index (χ2v) is 21.0. The average molecular weight is 820 g/mol. The Morgan fingerprint density at radius 2 is 1.76 bits per heavy atom. The number of para-hydroxylation sites is 1. The van der Waals surface area contributed by atoms with Gasteiger partial charge in [-0.25, -0.2) is 9.65 Å². The first kappa shape index (κ1) is 38.7. The summed E-state index contributed by atoms with van der Waals surface area (Å²) in [5, 5.41) is 14.7. The van der Waals surface area contributed by atoms with Gasteiger partial charge in [-0.15, -0.1) is 0 Å². The van der Waals surface area contributed by atoms with Crippen molar-refractivity contribution in [1.29, 1.82) is 5.26 Å². The van der Waals surface area contributed by atoms with Crippen molar-refractivity contribution in [2.75, 3.05) is 31.7 Å². The van der Waals surface area contributed by atoms with E-state index in [0.717, 1.165) is 25.4 Å². The Bertz CT molecular complexity index is 2230. The molecule has 58 heavy (non-hydrogen) atoms. The number of carbonyl (C=O) groups is 1. The summed E-state index contributed by atoms with van der Waals surface area (Å²) in [5.74, 6) is 0.238. The number of amides is 1. The number of fused-ring (bicyclic) bond motifs is 4. The summed E-state index contributed by atoms with van der Waals surface area (Å²) in [4.78, 5) is 26.8. The number of hydrogen-bond donors (Lipinski definition) is 1. The molecule has 4 saturated heterocycles. The third-order valence-electron chi connectivity index (χ3n) is 11.8. The lowest BCUT2D eigenvalue weighted by molar-refractivity contribution is -0.172. The highest BCUT2D eigenvalue weighted by molar-refractivity contribution is 7.45. The third kappa shape index (κ3) is 7.28. The highest BCUT2D eigenvalue weighted by atomic mass is 31.2. The molecule has 300 valence electrons. The normalized spacial score (nSPS) is 26.4. The van der Waals surface area contributed by atoms with Crippen LogP contribution < -0.4 is 25.2 Å². The minimum Gasteiger partial charge on any atom is -0.484 e. The molecule has 6 heterocycles. The van der Waals surface area contributed by atoms with Gasteiger partial charge < -0.3 is 28.0 Å². The Labute approximate surface area is 339 Å². The summed E-state index contributed by atoms with van der Waals surface area (Å²) in [6.45, 7) is 5.69. The predicted octanol–water partition coefficient (Wildman–Crippen LogP) is 5.58. The number of hydrogen-bond acceptors (Lipinski definition) is 12. The van der Waals surface area contributed by atoms with Crippen LogP contribution in [0.15, 0.2) is 97.3 Å². The van der Waals surface area contributed by atoms with Gasteiger partial charge in [0.25, 0.3) is 14.4 Å². The molecule has 2 bridgehead atoms. The molecule has 14 nitrogen and oxygen atoms in total. The highest BCUT2D eigenvalue weighted by Gasteiger charge is 2.64. The minimum atomic E-state index is -2.19. The summed E-state index contributed by atoms with van der Waals surface area (Å²) < 4.78 is 43.4. The van der Waals surface area contributed by atoms with Crippen LogP contribution in [0.5, 0.6) is 11.6 Å². The molecular formula is C42H46N7O7PSi. The molecule has 3 aromatic carbocycles. The molecule has 0 saturated carbocycles. The van der Waals surface area contributed by atoms with Crippen LogP contribution in [0, 0.1) is 11.3 Å². The van der Waals surface area contributed by atoms with Gasteiger partial charge >= 0.3 is 0 Å². The predicted molar refractivity (Wildman–Crippen MR) is 219 cm³/mol. The van der Waals surface area contributed by atoms with E-state index in [-0.39, 0.29) is 43.6 Å². The maximum Gasteiger partial charge on any atom is 0.264 e. The van der Waals surface area contributed by atoms with Crippen LogP contribution >= 0.6 is 8.53 Å². The molecule has 7 atom stereocenters. The van der Waals surface area contributed by atoms with Gasteiger partial charge in [-0.1, -0.05) is 103 Å². The molecular weight excluding hydrogens is 774 g/mol. The van der Waals surface area contributed by atoms with Gasteiger partial charge in [-0.2, -0.15) is 15.2 Å². The summed E-state index contributed by atoms with van der Waals surface area (Å²) in [6, 6.07) is 34.2. The SMILES string of the molecule is CC[C@@]12COC([C@H](n3cnc4c(OCCC#N)nc(NC(=O)COc5ccccc5)nc43)O1)[C@H]2O[P@@]1O[C@H](C[Si](C)(c2ccccc2)c2ccccc2)[C@@H]2CCCN21. The molecule has 4 fully saturated rings. The molecule has 1 N–H and O–H groups in total. The first-order valence-electron chi connectivity index (χ1n) is 19.9. The standard InChI is InChI=1S/C42H46N7O7PSi/c1-3-42-27-53-36(37(42)56-57-49-23-13-21-32(49)33(55-57)26-58(2,30-17-9-5-10-18-30)31-19-11-6-12-20-31)40(54-42)48-28-44-35-38(48)46-41(47-39(35)51-24-14-22-43)45-34(50)25-52-29-15-7-4-8-16-29/h4-12,15-20,28,32-33,36-37,40H,3,13-14,21,23-27H2,1-2H3,(H,45,46,47,50)/t32-,33+,36?,37+,40+,42-,57+/m0/s1. The average Bonchev–Trinajstić information content (AvgIpc) is 4.10. The molecule has 0 aliphatic carbocycles. The summed E-state index contributed by atoms with van der Waals surface area (Å²) >= 11 is 0. The second kappa shape index (κ2) is 16.5. The van der Waals surface area contributed by atoms with E-state index >= 15 is 0 Å². The topological polar surface area (TPSA) is 155 Å². The number of nitrogens with zero attached hydrogens (tertiary/aromatic N) is 6. The number of carbonyl (C=O) groups excluding carboxylic acids is 1. The minimum absolute atomic E-state index is 0.000402. The monoisotopic (exact) mass is 819 g/mol. The lowest BCUT2D eigenvalue weighted by atomic mass is 9.96. The zero-order valence-corrected chi connectivity index (χ0v) is 34.4. The molecule has 2 aromatic heterocycles. The quantitative estimate of drug-likeness (QED) is 0.0797. The number of rotatable bonds is 15. The summed E-state index contributed by atoms with van der Waals surface area (Å²) in [6.07, 6.45) is 3.06. The summed E-state index contributed by atoms with van der Waals surface area (Å²) in [7, 11) is -3.59. The number of aromatic nitrogens is 4. The van der Waals surface area contributed by atoms with Crippen LogP contribution in [0.3, 0.4) is 0 Å². The fraction of sp³-hybridized carbons (Fsp3) is 0.405. The first-order chi connectivity index (χ1) is 28.4. The second-order valence-electron chi connectivity index (χ2n) is 15.3. The number of ether oxygens (including phenoxy) is 4. The van der Waals surface area contributed by atoms with Gasteiger partial charge in [0, 0.05) is 12.6 Å². The van der Waals surface area contributed by atoms with E-state index in [2.05, 4.69) is 100 Å². The van der Waals surface area contributed by atoms with Gasteiger partial charge in [0.1, 0.15) is 38.2 Å². The molecule has 0 radical (unpaired) electrons. The number of nitriles is 1. The van der Waals surface area contributed by atoms with Crippen molar-refractivity contribution in [3.05, 3.63) is 97.3 Å². The van der Waals surface area contributed by atoms with E-state index in [9.17, 15) is 10.1 Å². The van der Waals surface area contributed by atoms with Gasteiger partial charge in [0.15, 0.2) is 24.0 Å². The largest absolute Gasteiger partial charge is 0.484 e. The van der Waals surface area contributed by atoms with E-state index in [4.69, 9.17) is 33.0 Å². The lowest BCUT2D eigenvalue weighted by Gasteiger charge is -2.32. The number of anilines is 1. The van der Waals surface area contributed by atoms with Crippen LogP contribution in [0.2, 0.25) is 12.6 Å². The molecule has 1 unspecified atom stereocenters. The van der Waals surface area contributed by atoms with E-state index < -0.39 is 46.5 Å². The van der Waals surface area contributed by atoms with Crippen molar-refractivity contribution in [3.8, 4) is 17.7 Å². The maximum absolute atomic E-state index is 13.0. The fourth-order valence-corrected chi connectivity index (χ4v) is 14.8. The van der Waals surface area contributed by atoms with Crippen molar-refractivity contribution in [3.63, 3.8) is 0 Å². The molecule has 0 spiro atoms. The van der Waals surface area contributed by atoms with Crippen molar-refractivity contribution < 1.29 is 32.8 Å². The molecule has 1 amide bonds. The Morgan fingerprint density at radius 3 is 2.47 bits per heavy atom. The first-order valence-corrected chi connectivity index (χ1v) is 23.8. The molecule has 4 aliphatic heterocycles. The maximum atomic E-state index is 13.0. The van der Waals surface area contributed by atoms with E-state index in [1.54, 1.807) is 23.0 Å². The van der Waals surface area contributed by atoms with Crippen molar-refractivity contribution in [1.82, 2.24) is 24.2 Å². The lowest BCUT2D eigenvalue weighted by Crippen LogP contribution is -2.58. The summed E-state index contributed by atoms with van der Waals surface area (Å²) in [5.41, 5.74) is 0.00916. The molecule has 4 aliphatic rings. The smallest absolute Gasteiger partial charge is 0.264 e. The third-order valence-corrected chi connectivity index (χ3v) is 18.0. The van der Waals surface area contributed by atoms with Gasteiger partial charge in [0.05, 0.1) is 31.5 Å². The van der Waals surface area contributed by atoms with Crippen molar-refractivity contribution >= 4 is 50.0 Å². The highest BCUT2D eigenvalue weighted by Crippen LogP contribution is 2.61. The fourth-order valence-electron chi connectivity index (χ4n) is 8.73. The zero-order valence-electron chi connectivity index (χ0n) is 32.5. The zero-order chi connectivity index (χ0) is 39.7. The Hall–Kier alpha value is -4.78. The Kier molecular flexibility index (Phi) is 11.0. The molecule has 9 rings (SSSR count). The van der Waals surface area contributed by atoms with Crippen LogP contribution in [0.4, 0.5) is 5.95 Å². The Balaban J connectivity index is 0.970. The molecule has 16 heteroatoms. The van der Waals surface area contributed by atoms with Gasteiger partial charge in [-0.05, 0) is 37.4 Å². The van der Waals surface area contributed by atoms with Crippen LogP contribution in [-0.4, -0.2) is 94.5 Å². The van der Waals surface area contributed by atoms with Crippen LogP contribution in [-0.2, 0) is 23.3 Å². The van der Waals surface area contributed by atoms with Gasteiger partial charge in [-0.3, -0.25) is 14.7 Å². The Morgan fingerprint density at radius 1 is 1.03 bits per heavy atom. The van der Waals surface area contributed by atoms with Gasteiger partial charge in [0.2, 0.25) is 11.8 Å². The van der Waals surface area contributed by atoms with E-state index in [1.807, 2.05) is 18.2 Å². The van der Waals surface area contributed by atoms with Crippen LogP contribution in [0.1, 0.15) is 38.8 Å². The molecule has 5 aromatic rings. The number of imidazole rings is 1. The number of nitrogens with one attached hydrogen (secondary N) is 1.